The number of carbonyl (C=O) groups excluding carboxylic acids is 1. The average molecular weight is 552 g/mol. The molecular formula is C25H29BN6O6S. The number of amides is 2. The van der Waals surface area contributed by atoms with Gasteiger partial charge in [0, 0.05) is 54.8 Å². The number of hydrogen-bond acceptors (Lipinski definition) is 8. The lowest BCUT2D eigenvalue weighted by atomic mass is 9.85. The van der Waals surface area contributed by atoms with Gasteiger partial charge in [0.15, 0.2) is 5.03 Å². The molecule has 204 valence electrons. The zero-order valence-electron chi connectivity index (χ0n) is 21.6. The van der Waals surface area contributed by atoms with Crippen LogP contribution in [0.15, 0.2) is 58.7 Å². The Morgan fingerprint density at radius 2 is 2.10 bits per heavy atom. The molecule has 2 amide bonds. The van der Waals surface area contributed by atoms with Crippen LogP contribution in [0.25, 0.3) is 11.1 Å². The number of aryl methyl sites for hydroxylation is 1. The lowest BCUT2D eigenvalue weighted by molar-refractivity contribution is 0.217. The number of carbonyl (C=O) groups is 1. The van der Waals surface area contributed by atoms with E-state index < -0.39 is 28.9 Å². The Balaban J connectivity index is 1.43. The van der Waals surface area contributed by atoms with Gasteiger partial charge in [-0.25, -0.2) is 19.3 Å². The smallest absolute Gasteiger partial charge is 0.423 e. The normalized spacial score (nSPS) is 16.9. The summed E-state index contributed by atoms with van der Waals surface area (Å²) in [4.78, 5) is 29.5. The van der Waals surface area contributed by atoms with E-state index in [1.54, 1.807) is 18.5 Å². The minimum absolute atomic E-state index is 0.0395. The molecule has 1 unspecified atom stereocenters. The predicted molar refractivity (Wildman–Crippen MR) is 144 cm³/mol. The van der Waals surface area contributed by atoms with Gasteiger partial charge in [0.1, 0.15) is 0 Å². The van der Waals surface area contributed by atoms with Crippen LogP contribution in [0.2, 0.25) is 0 Å². The largest absolute Gasteiger partial charge is 0.483 e. The van der Waals surface area contributed by atoms with Crippen LogP contribution < -0.4 is 15.7 Å². The molecule has 2 aliphatic rings. The van der Waals surface area contributed by atoms with Crippen molar-refractivity contribution in [3.63, 3.8) is 0 Å². The third-order valence-corrected chi connectivity index (χ3v) is 7.99. The van der Waals surface area contributed by atoms with E-state index in [4.69, 9.17) is 4.65 Å². The van der Waals surface area contributed by atoms with Gasteiger partial charge < -0.3 is 15.0 Å². The first-order valence-electron chi connectivity index (χ1n) is 12.7. The summed E-state index contributed by atoms with van der Waals surface area (Å²) in [7, 11) is -5.16. The Hall–Kier alpha value is -3.75. The molecule has 39 heavy (non-hydrogen) atoms. The minimum Gasteiger partial charge on any atom is -0.423 e. The van der Waals surface area contributed by atoms with Crippen LogP contribution in [0.4, 0.5) is 10.5 Å². The maximum absolute atomic E-state index is 13.0. The first-order chi connectivity index (χ1) is 18.6. The molecular weight excluding hydrogens is 523 g/mol. The number of rotatable bonds is 7. The Morgan fingerprint density at radius 3 is 2.82 bits per heavy atom. The van der Waals surface area contributed by atoms with Crippen molar-refractivity contribution in [2.24, 2.45) is 5.92 Å². The van der Waals surface area contributed by atoms with E-state index in [1.165, 1.54) is 27.5 Å². The fraction of sp³-hybridized carbons (Fsp3) is 0.360. The Labute approximate surface area is 225 Å². The summed E-state index contributed by atoms with van der Waals surface area (Å²) in [5.41, 5.74) is 3.20. The van der Waals surface area contributed by atoms with Crippen LogP contribution in [0.1, 0.15) is 37.4 Å². The van der Waals surface area contributed by atoms with Crippen LogP contribution in [0.5, 0.6) is 0 Å². The SMILES string of the molecule is CC(C)n1ccc(S(=O)(=O)NC(=O)Nc2c(-c3cnc(=O)n(CC4C=CB(O)OC4)c3)ccc3c2CCC3)n1. The summed E-state index contributed by atoms with van der Waals surface area (Å²) in [6.07, 6.45) is 8.88. The summed E-state index contributed by atoms with van der Waals surface area (Å²) in [6.45, 7) is 4.27. The van der Waals surface area contributed by atoms with Crippen molar-refractivity contribution in [3.8, 4) is 11.1 Å². The highest BCUT2D eigenvalue weighted by atomic mass is 32.2. The number of anilines is 1. The van der Waals surface area contributed by atoms with Crippen molar-refractivity contribution >= 4 is 28.9 Å². The van der Waals surface area contributed by atoms with Gasteiger partial charge in [-0.3, -0.25) is 9.25 Å². The first-order valence-corrected chi connectivity index (χ1v) is 14.2. The molecule has 12 nitrogen and oxygen atoms in total. The quantitative estimate of drug-likeness (QED) is 0.375. The molecule has 0 radical (unpaired) electrons. The van der Waals surface area contributed by atoms with E-state index >= 15 is 0 Å². The summed E-state index contributed by atoms with van der Waals surface area (Å²) in [6, 6.07) is 4.20. The Bertz CT molecular complexity index is 1600. The highest BCUT2D eigenvalue weighted by Gasteiger charge is 2.25. The highest BCUT2D eigenvalue weighted by molar-refractivity contribution is 7.90. The molecule has 3 heterocycles. The second-order valence-corrected chi connectivity index (χ2v) is 11.5. The van der Waals surface area contributed by atoms with E-state index in [2.05, 4.69) is 20.1 Å². The third kappa shape index (κ3) is 5.82. The number of benzene rings is 1. The third-order valence-electron chi connectivity index (χ3n) is 6.76. The zero-order chi connectivity index (χ0) is 27.7. The molecule has 1 aromatic carbocycles. The van der Waals surface area contributed by atoms with Gasteiger partial charge in [0.05, 0.1) is 5.69 Å². The molecule has 0 bridgehead atoms. The predicted octanol–water partition coefficient (Wildman–Crippen LogP) is 1.91. The second kappa shape index (κ2) is 10.8. The van der Waals surface area contributed by atoms with Crippen LogP contribution >= 0.6 is 0 Å². The lowest BCUT2D eigenvalue weighted by Crippen LogP contribution is -2.35. The van der Waals surface area contributed by atoms with Crippen molar-refractivity contribution in [1.29, 1.82) is 0 Å². The Morgan fingerprint density at radius 1 is 1.28 bits per heavy atom. The van der Waals surface area contributed by atoms with Crippen molar-refractivity contribution in [2.75, 3.05) is 11.9 Å². The molecule has 0 saturated heterocycles. The van der Waals surface area contributed by atoms with Gasteiger partial charge in [0.25, 0.3) is 10.0 Å². The number of sulfonamides is 1. The zero-order valence-corrected chi connectivity index (χ0v) is 22.4. The van der Waals surface area contributed by atoms with Crippen LogP contribution in [0, 0.1) is 5.92 Å². The number of nitrogens with zero attached hydrogens (tertiary/aromatic N) is 4. The molecule has 3 N–H and O–H groups in total. The van der Waals surface area contributed by atoms with Gasteiger partial charge in [-0.05, 0) is 50.3 Å². The van der Waals surface area contributed by atoms with Crippen LogP contribution in [0.3, 0.4) is 0 Å². The average Bonchev–Trinajstić information content (AvgIpc) is 3.58. The summed E-state index contributed by atoms with van der Waals surface area (Å²) >= 11 is 0. The van der Waals surface area contributed by atoms with Crippen LogP contribution in [-0.2, 0) is 34.1 Å². The number of nitrogens with one attached hydrogen (secondary N) is 2. The molecule has 0 saturated carbocycles. The topological polar surface area (TPSA) is 157 Å². The van der Waals surface area contributed by atoms with Gasteiger partial charge in [-0.15, -0.1) is 0 Å². The lowest BCUT2D eigenvalue weighted by Gasteiger charge is -2.20. The number of urea groups is 1. The monoisotopic (exact) mass is 552 g/mol. The van der Waals surface area contributed by atoms with Crippen molar-refractivity contribution < 1.29 is 22.9 Å². The molecule has 14 heteroatoms. The maximum atomic E-state index is 13.0. The van der Waals surface area contributed by atoms with Crippen molar-refractivity contribution in [2.45, 2.75) is 50.7 Å². The minimum atomic E-state index is -4.20. The van der Waals surface area contributed by atoms with E-state index in [1.807, 2.05) is 26.0 Å². The molecule has 5 rings (SSSR count). The molecule has 1 aliphatic carbocycles. The molecule has 1 atom stereocenters. The van der Waals surface area contributed by atoms with Crippen molar-refractivity contribution in [3.05, 3.63) is 70.5 Å². The Kier molecular flexibility index (Phi) is 7.43. The number of aromatic nitrogens is 4. The number of fused-ring (bicyclic) bond motifs is 1. The summed E-state index contributed by atoms with van der Waals surface area (Å²) in [5.74, 6) is 1.40. The van der Waals surface area contributed by atoms with E-state index in [0.29, 0.717) is 29.8 Å². The van der Waals surface area contributed by atoms with E-state index in [9.17, 15) is 23.0 Å². The number of hydrogen-bond donors (Lipinski definition) is 3. The summed E-state index contributed by atoms with van der Waals surface area (Å²) in [5, 5.41) is 16.1. The van der Waals surface area contributed by atoms with Gasteiger partial charge in [-0.2, -0.15) is 13.5 Å². The van der Waals surface area contributed by atoms with Gasteiger partial charge >= 0.3 is 18.8 Å². The second-order valence-electron chi connectivity index (χ2n) is 9.91. The first kappa shape index (κ1) is 26.8. The fourth-order valence-electron chi connectivity index (χ4n) is 4.79. The maximum Gasteiger partial charge on any atom is 0.483 e. The van der Waals surface area contributed by atoms with Crippen LogP contribution in [-0.4, -0.2) is 52.5 Å². The van der Waals surface area contributed by atoms with E-state index in [-0.39, 0.29) is 23.6 Å². The highest BCUT2D eigenvalue weighted by Crippen LogP contribution is 2.37. The van der Waals surface area contributed by atoms with Gasteiger partial charge in [-0.1, -0.05) is 24.2 Å². The fourth-order valence-corrected chi connectivity index (χ4v) is 5.63. The molecule has 2 aromatic heterocycles. The van der Waals surface area contributed by atoms with Crippen molar-refractivity contribution in [1.82, 2.24) is 24.1 Å². The standard InChI is InChI=1S/C25H29BN6O6S/c1-16(2)32-11-9-22(29-32)39(36,37)30-24(33)28-23-20-5-3-4-18(20)6-7-21(23)19-12-27-25(34)31(14-19)13-17-8-10-26(35)38-15-17/h6-12,14,16-17,35H,3-5,13,15H2,1-2H3,(H2,28,30,33). The van der Waals surface area contributed by atoms with E-state index in [0.717, 1.165) is 24.0 Å². The molecule has 0 spiro atoms. The molecule has 3 aromatic rings. The van der Waals surface area contributed by atoms with Gasteiger partial charge in [0.2, 0.25) is 0 Å². The summed E-state index contributed by atoms with van der Waals surface area (Å²) < 4.78 is 35.9. The molecule has 0 fully saturated rings. The molecule has 1 aliphatic heterocycles.